The second-order valence-electron chi connectivity index (χ2n) is 6.62. The Labute approximate surface area is 153 Å². The highest BCUT2D eigenvalue weighted by molar-refractivity contribution is 5.94. The summed E-state index contributed by atoms with van der Waals surface area (Å²) < 4.78 is 1.98. The lowest BCUT2D eigenvalue weighted by atomic mass is 10.2. The van der Waals surface area contributed by atoms with E-state index in [0.29, 0.717) is 12.8 Å². The van der Waals surface area contributed by atoms with Crippen LogP contribution in [0.15, 0.2) is 54.6 Å². The van der Waals surface area contributed by atoms with Crippen molar-refractivity contribution in [3.05, 3.63) is 60.4 Å². The third-order valence-electron chi connectivity index (χ3n) is 4.40. The standard InChI is InChI=1S/C21H25N3O2/c1-16(2)24(17-9-4-3-5-10-17)21(26)15-23-19-12-7-6-11-18(19)22-20(23)13-8-14-25/h3-7,9-12,16,25H,8,13-15H2,1-2H3. The van der Waals surface area contributed by atoms with Gasteiger partial charge in [0.15, 0.2) is 0 Å². The Kier molecular flexibility index (Phi) is 5.68. The van der Waals surface area contributed by atoms with Crippen molar-refractivity contribution in [2.75, 3.05) is 11.5 Å². The Morgan fingerprint density at radius 1 is 1.12 bits per heavy atom. The summed E-state index contributed by atoms with van der Waals surface area (Å²) in [6.07, 6.45) is 1.27. The van der Waals surface area contributed by atoms with Crippen LogP contribution in [0.4, 0.5) is 5.69 Å². The molecular formula is C21H25N3O2. The van der Waals surface area contributed by atoms with Gasteiger partial charge in [0.25, 0.3) is 0 Å². The molecule has 1 N–H and O–H groups in total. The largest absolute Gasteiger partial charge is 0.396 e. The molecule has 0 spiro atoms. The number of carbonyl (C=O) groups is 1. The summed E-state index contributed by atoms with van der Waals surface area (Å²) in [7, 11) is 0. The first-order valence-electron chi connectivity index (χ1n) is 9.04. The van der Waals surface area contributed by atoms with E-state index in [4.69, 9.17) is 0 Å². The van der Waals surface area contributed by atoms with Crippen LogP contribution in [0.5, 0.6) is 0 Å². The second-order valence-corrected chi connectivity index (χ2v) is 6.62. The van der Waals surface area contributed by atoms with E-state index in [-0.39, 0.29) is 25.1 Å². The molecule has 0 radical (unpaired) electrons. The van der Waals surface area contributed by atoms with E-state index in [1.807, 2.05) is 77.9 Å². The number of anilines is 1. The van der Waals surface area contributed by atoms with Gasteiger partial charge in [0.2, 0.25) is 5.91 Å². The zero-order valence-corrected chi connectivity index (χ0v) is 15.3. The molecule has 136 valence electrons. The molecule has 0 fully saturated rings. The second kappa shape index (κ2) is 8.15. The van der Waals surface area contributed by atoms with Gasteiger partial charge >= 0.3 is 0 Å². The molecule has 1 heterocycles. The van der Waals surface area contributed by atoms with Crippen LogP contribution in [0.3, 0.4) is 0 Å². The molecule has 1 amide bonds. The third kappa shape index (κ3) is 3.78. The number of amides is 1. The number of para-hydroxylation sites is 3. The summed E-state index contributed by atoms with van der Waals surface area (Å²) in [5.74, 6) is 0.866. The molecule has 0 aliphatic carbocycles. The van der Waals surface area contributed by atoms with E-state index in [1.165, 1.54) is 0 Å². The average Bonchev–Trinajstić information content (AvgIpc) is 2.98. The Balaban J connectivity index is 1.94. The Hall–Kier alpha value is -2.66. The molecule has 3 rings (SSSR count). The molecule has 0 unspecified atom stereocenters. The highest BCUT2D eigenvalue weighted by atomic mass is 16.3. The van der Waals surface area contributed by atoms with E-state index >= 15 is 0 Å². The number of fused-ring (bicyclic) bond motifs is 1. The fraction of sp³-hybridized carbons (Fsp3) is 0.333. The first-order valence-corrected chi connectivity index (χ1v) is 9.04. The van der Waals surface area contributed by atoms with Gasteiger partial charge in [-0.2, -0.15) is 0 Å². The fourth-order valence-electron chi connectivity index (χ4n) is 3.26. The number of benzene rings is 2. The van der Waals surface area contributed by atoms with E-state index in [1.54, 1.807) is 0 Å². The molecule has 0 atom stereocenters. The molecule has 1 aromatic heterocycles. The number of aliphatic hydroxyl groups excluding tert-OH is 1. The molecular weight excluding hydrogens is 326 g/mol. The van der Waals surface area contributed by atoms with Crippen LogP contribution in [0.2, 0.25) is 0 Å². The van der Waals surface area contributed by atoms with Crippen LogP contribution in [-0.2, 0) is 17.8 Å². The molecule has 5 heteroatoms. The van der Waals surface area contributed by atoms with Crippen LogP contribution < -0.4 is 4.90 Å². The van der Waals surface area contributed by atoms with Crippen molar-refractivity contribution < 1.29 is 9.90 Å². The minimum Gasteiger partial charge on any atom is -0.396 e. The third-order valence-corrected chi connectivity index (χ3v) is 4.40. The van der Waals surface area contributed by atoms with Crippen LogP contribution in [0.25, 0.3) is 11.0 Å². The van der Waals surface area contributed by atoms with Crippen molar-refractivity contribution in [2.45, 2.75) is 39.3 Å². The molecule has 2 aromatic carbocycles. The molecule has 5 nitrogen and oxygen atoms in total. The first-order chi connectivity index (χ1) is 12.6. The van der Waals surface area contributed by atoms with E-state index in [2.05, 4.69) is 4.98 Å². The van der Waals surface area contributed by atoms with E-state index in [0.717, 1.165) is 22.5 Å². The molecule has 0 aliphatic heterocycles. The molecule has 0 saturated heterocycles. The maximum Gasteiger partial charge on any atom is 0.247 e. The van der Waals surface area contributed by atoms with Gasteiger partial charge in [-0.1, -0.05) is 30.3 Å². The SMILES string of the molecule is CC(C)N(C(=O)Cn1c(CCCO)nc2ccccc21)c1ccccc1. The summed E-state index contributed by atoms with van der Waals surface area (Å²) in [4.78, 5) is 19.6. The fourth-order valence-corrected chi connectivity index (χ4v) is 3.26. The zero-order chi connectivity index (χ0) is 18.5. The number of imidazole rings is 1. The minimum atomic E-state index is 0.0274. The van der Waals surface area contributed by atoms with Crippen LogP contribution in [-0.4, -0.2) is 33.2 Å². The number of nitrogens with zero attached hydrogens (tertiary/aromatic N) is 3. The summed E-state index contributed by atoms with van der Waals surface area (Å²) in [5.41, 5.74) is 2.73. The van der Waals surface area contributed by atoms with Gasteiger partial charge < -0.3 is 14.6 Å². The average molecular weight is 351 g/mol. The summed E-state index contributed by atoms with van der Waals surface area (Å²) in [5, 5.41) is 9.17. The highest BCUT2D eigenvalue weighted by Gasteiger charge is 2.21. The summed E-state index contributed by atoms with van der Waals surface area (Å²) >= 11 is 0. The van der Waals surface area contributed by atoms with Crippen LogP contribution in [0, 0.1) is 0 Å². The number of aliphatic hydroxyl groups is 1. The van der Waals surface area contributed by atoms with Crippen LogP contribution >= 0.6 is 0 Å². The number of hydrogen-bond donors (Lipinski definition) is 1. The molecule has 26 heavy (non-hydrogen) atoms. The molecule has 0 aliphatic rings. The van der Waals surface area contributed by atoms with Gasteiger partial charge in [-0.15, -0.1) is 0 Å². The van der Waals surface area contributed by atoms with Crippen LogP contribution in [0.1, 0.15) is 26.1 Å². The van der Waals surface area contributed by atoms with Crippen molar-refractivity contribution >= 4 is 22.6 Å². The predicted octanol–water partition coefficient (Wildman–Crippen LogP) is 3.40. The topological polar surface area (TPSA) is 58.4 Å². The maximum absolute atomic E-state index is 13.2. The number of hydrogen-bond acceptors (Lipinski definition) is 3. The van der Waals surface area contributed by atoms with E-state index in [9.17, 15) is 9.90 Å². The molecule has 0 saturated carbocycles. The summed E-state index contributed by atoms with van der Waals surface area (Å²) in [6.45, 7) is 4.38. The Morgan fingerprint density at radius 2 is 1.81 bits per heavy atom. The van der Waals surface area contributed by atoms with Crippen molar-refractivity contribution in [3.8, 4) is 0 Å². The van der Waals surface area contributed by atoms with Gasteiger partial charge in [0.1, 0.15) is 12.4 Å². The molecule has 0 bridgehead atoms. The minimum absolute atomic E-state index is 0.0274. The smallest absolute Gasteiger partial charge is 0.247 e. The molecule has 3 aromatic rings. The lowest BCUT2D eigenvalue weighted by Crippen LogP contribution is -2.39. The van der Waals surface area contributed by atoms with Gasteiger partial charge in [-0.3, -0.25) is 4.79 Å². The van der Waals surface area contributed by atoms with Gasteiger partial charge in [0.05, 0.1) is 11.0 Å². The van der Waals surface area contributed by atoms with E-state index < -0.39 is 0 Å². The van der Waals surface area contributed by atoms with Crippen molar-refractivity contribution in [2.24, 2.45) is 0 Å². The highest BCUT2D eigenvalue weighted by Crippen LogP contribution is 2.21. The van der Waals surface area contributed by atoms with Crippen molar-refractivity contribution in [1.82, 2.24) is 9.55 Å². The number of rotatable bonds is 7. The monoisotopic (exact) mass is 351 g/mol. The quantitative estimate of drug-likeness (QED) is 0.710. The lowest BCUT2D eigenvalue weighted by molar-refractivity contribution is -0.119. The van der Waals surface area contributed by atoms with Crippen molar-refractivity contribution in [1.29, 1.82) is 0 Å². The van der Waals surface area contributed by atoms with Gasteiger partial charge in [-0.25, -0.2) is 4.98 Å². The predicted molar refractivity (Wildman–Crippen MR) is 104 cm³/mol. The van der Waals surface area contributed by atoms with Gasteiger partial charge in [0, 0.05) is 24.8 Å². The lowest BCUT2D eigenvalue weighted by Gasteiger charge is -2.27. The first kappa shape index (κ1) is 18.1. The number of aromatic nitrogens is 2. The maximum atomic E-state index is 13.2. The Bertz CT molecular complexity index is 871. The van der Waals surface area contributed by atoms with Crippen molar-refractivity contribution in [3.63, 3.8) is 0 Å². The normalized spacial score (nSPS) is 11.2. The number of aryl methyl sites for hydroxylation is 1. The number of carbonyl (C=O) groups excluding carboxylic acids is 1. The van der Waals surface area contributed by atoms with Gasteiger partial charge in [-0.05, 0) is 44.5 Å². The Morgan fingerprint density at radius 3 is 2.50 bits per heavy atom. The zero-order valence-electron chi connectivity index (χ0n) is 15.3. The summed E-state index contributed by atoms with van der Waals surface area (Å²) in [6, 6.07) is 17.6.